The topological polar surface area (TPSA) is 74.1 Å². The Morgan fingerprint density at radius 2 is 2.00 bits per heavy atom. The maximum atomic E-state index is 5.36. The van der Waals surface area contributed by atoms with Gasteiger partial charge in [-0.3, -0.25) is 0 Å². The first kappa shape index (κ1) is 14.8. The first-order valence-electron chi connectivity index (χ1n) is 7.08. The number of anilines is 1. The molecule has 2 aromatic carbocycles. The molecule has 23 heavy (non-hydrogen) atoms. The van der Waals surface area contributed by atoms with Crippen molar-refractivity contribution in [3.63, 3.8) is 0 Å². The number of ether oxygens (including phenoxy) is 2. The lowest BCUT2D eigenvalue weighted by molar-refractivity contribution is 0.411. The molecule has 0 atom stereocenters. The summed E-state index contributed by atoms with van der Waals surface area (Å²) in [6.07, 6.45) is 1.53. The predicted octanol–water partition coefficient (Wildman–Crippen LogP) is 2.29. The molecular formula is C16H17N5O2. The van der Waals surface area contributed by atoms with E-state index in [0.717, 1.165) is 22.7 Å². The van der Waals surface area contributed by atoms with Gasteiger partial charge < -0.3 is 14.8 Å². The summed E-state index contributed by atoms with van der Waals surface area (Å²) in [5, 5.41) is 14.6. The molecular weight excluding hydrogens is 294 g/mol. The van der Waals surface area contributed by atoms with E-state index in [1.165, 1.54) is 6.33 Å². The fourth-order valence-corrected chi connectivity index (χ4v) is 2.24. The van der Waals surface area contributed by atoms with Crippen LogP contribution in [0.4, 0.5) is 5.69 Å². The molecule has 0 aliphatic rings. The highest BCUT2D eigenvalue weighted by molar-refractivity contribution is 5.58. The Morgan fingerprint density at radius 1 is 1.09 bits per heavy atom. The van der Waals surface area contributed by atoms with Crippen LogP contribution in [0.2, 0.25) is 0 Å². The second kappa shape index (κ2) is 6.78. The molecule has 1 N–H and O–H groups in total. The highest BCUT2D eigenvalue weighted by Crippen LogP contribution is 2.26. The first-order valence-corrected chi connectivity index (χ1v) is 7.08. The van der Waals surface area contributed by atoms with Crippen LogP contribution in [0.1, 0.15) is 5.56 Å². The molecule has 7 nitrogen and oxygen atoms in total. The van der Waals surface area contributed by atoms with Crippen molar-refractivity contribution in [2.75, 3.05) is 19.5 Å². The van der Waals surface area contributed by atoms with Crippen LogP contribution in [0.25, 0.3) is 5.69 Å². The zero-order chi connectivity index (χ0) is 16.1. The minimum Gasteiger partial charge on any atom is -0.497 e. The van der Waals surface area contributed by atoms with Gasteiger partial charge in [0, 0.05) is 12.2 Å². The Balaban J connectivity index is 1.79. The van der Waals surface area contributed by atoms with E-state index in [1.807, 2.05) is 42.5 Å². The molecule has 0 saturated heterocycles. The number of nitrogens with zero attached hydrogens (tertiary/aromatic N) is 4. The fraction of sp³-hybridized carbons (Fsp3) is 0.188. The van der Waals surface area contributed by atoms with E-state index >= 15 is 0 Å². The molecule has 0 aliphatic heterocycles. The van der Waals surface area contributed by atoms with Gasteiger partial charge in [-0.25, -0.2) is 0 Å². The lowest BCUT2D eigenvalue weighted by atomic mass is 10.2. The second-order valence-electron chi connectivity index (χ2n) is 4.85. The van der Waals surface area contributed by atoms with Gasteiger partial charge in [0.15, 0.2) is 0 Å². The van der Waals surface area contributed by atoms with Gasteiger partial charge in [0.2, 0.25) is 0 Å². The third kappa shape index (κ3) is 3.39. The highest BCUT2D eigenvalue weighted by atomic mass is 16.5. The first-order chi connectivity index (χ1) is 11.3. The molecule has 0 spiro atoms. The monoisotopic (exact) mass is 311 g/mol. The average Bonchev–Trinajstić information content (AvgIpc) is 3.14. The lowest BCUT2D eigenvalue weighted by Gasteiger charge is -2.12. The standard InChI is InChI=1S/C16H17N5O2/c1-22-14-5-3-4-12(8-14)10-17-13-6-7-16(23-2)15(9-13)21-11-18-19-20-21/h3-9,11,17H,10H2,1-2H3. The smallest absolute Gasteiger partial charge is 0.144 e. The van der Waals surface area contributed by atoms with Crippen LogP contribution >= 0.6 is 0 Å². The molecule has 1 aromatic heterocycles. The number of methoxy groups -OCH3 is 2. The van der Waals surface area contributed by atoms with Crippen molar-refractivity contribution in [1.82, 2.24) is 20.2 Å². The van der Waals surface area contributed by atoms with Gasteiger partial charge in [-0.05, 0) is 46.3 Å². The number of nitrogens with one attached hydrogen (secondary N) is 1. The van der Waals surface area contributed by atoms with Crippen LogP contribution in [0.3, 0.4) is 0 Å². The molecule has 1 heterocycles. The fourth-order valence-electron chi connectivity index (χ4n) is 2.24. The molecule has 0 bridgehead atoms. The molecule has 0 saturated carbocycles. The van der Waals surface area contributed by atoms with Gasteiger partial charge in [-0.15, -0.1) is 5.10 Å². The molecule has 7 heteroatoms. The number of tetrazole rings is 1. The summed E-state index contributed by atoms with van der Waals surface area (Å²) in [6.45, 7) is 0.679. The highest BCUT2D eigenvalue weighted by Gasteiger charge is 2.08. The van der Waals surface area contributed by atoms with E-state index in [-0.39, 0.29) is 0 Å². The third-order valence-corrected chi connectivity index (χ3v) is 3.41. The number of benzene rings is 2. The zero-order valence-electron chi connectivity index (χ0n) is 12.9. The Bertz CT molecular complexity index is 774. The summed E-state index contributed by atoms with van der Waals surface area (Å²) >= 11 is 0. The summed E-state index contributed by atoms with van der Waals surface area (Å²) in [6, 6.07) is 13.7. The summed E-state index contributed by atoms with van der Waals surface area (Å²) in [4.78, 5) is 0. The maximum Gasteiger partial charge on any atom is 0.144 e. The van der Waals surface area contributed by atoms with E-state index in [2.05, 4.69) is 20.8 Å². The minimum atomic E-state index is 0.679. The van der Waals surface area contributed by atoms with Crippen molar-refractivity contribution >= 4 is 5.69 Å². The van der Waals surface area contributed by atoms with Crippen LogP contribution in [0, 0.1) is 0 Å². The van der Waals surface area contributed by atoms with Crippen molar-refractivity contribution < 1.29 is 9.47 Å². The van der Waals surface area contributed by atoms with Crippen molar-refractivity contribution in [3.8, 4) is 17.2 Å². The van der Waals surface area contributed by atoms with Crippen LogP contribution in [0.15, 0.2) is 48.8 Å². The van der Waals surface area contributed by atoms with Crippen LogP contribution < -0.4 is 14.8 Å². The summed E-state index contributed by atoms with van der Waals surface area (Å²) < 4.78 is 12.2. The number of hydrogen-bond acceptors (Lipinski definition) is 6. The van der Waals surface area contributed by atoms with Gasteiger partial charge in [0.05, 0.1) is 14.2 Å². The van der Waals surface area contributed by atoms with E-state index in [9.17, 15) is 0 Å². The Labute approximate surface area is 133 Å². The van der Waals surface area contributed by atoms with Gasteiger partial charge in [0.1, 0.15) is 23.5 Å². The molecule has 0 fully saturated rings. The molecule has 118 valence electrons. The average molecular weight is 311 g/mol. The molecule has 3 aromatic rings. The summed E-state index contributed by atoms with van der Waals surface area (Å²) in [5.41, 5.74) is 2.84. The second-order valence-corrected chi connectivity index (χ2v) is 4.85. The van der Waals surface area contributed by atoms with Gasteiger partial charge >= 0.3 is 0 Å². The maximum absolute atomic E-state index is 5.36. The minimum absolute atomic E-state index is 0.679. The lowest BCUT2D eigenvalue weighted by Crippen LogP contribution is -2.03. The zero-order valence-corrected chi connectivity index (χ0v) is 12.9. The largest absolute Gasteiger partial charge is 0.497 e. The van der Waals surface area contributed by atoms with Crippen LogP contribution in [0.5, 0.6) is 11.5 Å². The number of hydrogen-bond donors (Lipinski definition) is 1. The third-order valence-electron chi connectivity index (χ3n) is 3.41. The molecule has 0 radical (unpaired) electrons. The summed E-state index contributed by atoms with van der Waals surface area (Å²) in [7, 11) is 3.28. The van der Waals surface area contributed by atoms with Crippen molar-refractivity contribution in [2.24, 2.45) is 0 Å². The predicted molar refractivity (Wildman–Crippen MR) is 86.0 cm³/mol. The van der Waals surface area contributed by atoms with Crippen molar-refractivity contribution in [1.29, 1.82) is 0 Å². The van der Waals surface area contributed by atoms with E-state index in [0.29, 0.717) is 12.3 Å². The molecule has 0 amide bonds. The van der Waals surface area contributed by atoms with E-state index in [1.54, 1.807) is 18.9 Å². The summed E-state index contributed by atoms with van der Waals surface area (Å²) in [5.74, 6) is 1.54. The number of rotatable bonds is 6. The molecule has 0 aliphatic carbocycles. The van der Waals surface area contributed by atoms with Crippen LogP contribution in [-0.2, 0) is 6.54 Å². The normalized spacial score (nSPS) is 10.3. The quantitative estimate of drug-likeness (QED) is 0.753. The van der Waals surface area contributed by atoms with Crippen molar-refractivity contribution in [3.05, 3.63) is 54.4 Å². The van der Waals surface area contributed by atoms with Gasteiger partial charge in [-0.1, -0.05) is 12.1 Å². The Morgan fingerprint density at radius 3 is 2.74 bits per heavy atom. The Kier molecular flexibility index (Phi) is 4.37. The number of aromatic nitrogens is 4. The molecule has 0 unspecified atom stereocenters. The van der Waals surface area contributed by atoms with E-state index < -0.39 is 0 Å². The van der Waals surface area contributed by atoms with Gasteiger partial charge in [0.25, 0.3) is 0 Å². The van der Waals surface area contributed by atoms with E-state index in [4.69, 9.17) is 9.47 Å². The van der Waals surface area contributed by atoms with Gasteiger partial charge in [-0.2, -0.15) is 4.68 Å². The van der Waals surface area contributed by atoms with Crippen molar-refractivity contribution in [2.45, 2.75) is 6.54 Å². The Hall–Kier alpha value is -3.09. The molecule has 3 rings (SSSR count). The SMILES string of the molecule is COc1cccc(CNc2ccc(OC)c(-n3cnnn3)c2)c1. The van der Waals surface area contributed by atoms with Crippen LogP contribution in [-0.4, -0.2) is 34.4 Å².